The van der Waals surface area contributed by atoms with Gasteiger partial charge in [0.05, 0.1) is 6.10 Å². The normalized spacial score (nSPS) is 22.5. The Morgan fingerprint density at radius 2 is 2.56 bits per heavy atom. The van der Waals surface area contributed by atoms with Crippen molar-refractivity contribution in [3.8, 4) is 0 Å². The maximum absolute atomic E-state index is 5.66. The van der Waals surface area contributed by atoms with Gasteiger partial charge in [-0.2, -0.15) is 0 Å². The maximum atomic E-state index is 5.66. The fourth-order valence-corrected chi connectivity index (χ4v) is 3.98. The third-order valence-corrected chi connectivity index (χ3v) is 5.10. The summed E-state index contributed by atoms with van der Waals surface area (Å²) in [4.78, 5) is 1.40. The summed E-state index contributed by atoms with van der Waals surface area (Å²) in [7, 11) is 2.03. The van der Waals surface area contributed by atoms with Crippen LogP contribution in [0.5, 0.6) is 0 Å². The first-order chi connectivity index (χ1) is 7.81. The van der Waals surface area contributed by atoms with Crippen molar-refractivity contribution in [2.24, 2.45) is 0 Å². The van der Waals surface area contributed by atoms with E-state index >= 15 is 0 Å². The van der Waals surface area contributed by atoms with Gasteiger partial charge in [-0.25, -0.2) is 0 Å². The van der Waals surface area contributed by atoms with E-state index in [0.29, 0.717) is 12.1 Å². The van der Waals surface area contributed by atoms with Gasteiger partial charge in [0.25, 0.3) is 0 Å². The second-order valence-corrected chi connectivity index (χ2v) is 5.99. The molecule has 2 rings (SSSR count). The van der Waals surface area contributed by atoms with Gasteiger partial charge in [0.1, 0.15) is 0 Å². The van der Waals surface area contributed by atoms with E-state index in [1.165, 1.54) is 22.2 Å². The van der Waals surface area contributed by atoms with Crippen LogP contribution in [0.25, 0.3) is 0 Å². The summed E-state index contributed by atoms with van der Waals surface area (Å²) in [6, 6.07) is 2.58. The average molecular weight is 304 g/mol. The van der Waals surface area contributed by atoms with Crippen LogP contribution in [0.1, 0.15) is 36.6 Å². The molecule has 0 bridgehead atoms. The molecule has 2 heterocycles. The standard InChI is InChI=1S/C12H18BrNOS/c1-14-11(12-10(13)6-8-16-12)5-4-9-3-2-7-15-9/h6,8-9,11,14H,2-5,7H2,1H3. The van der Waals surface area contributed by atoms with Crippen molar-refractivity contribution in [1.29, 1.82) is 0 Å². The Labute approximate surface area is 110 Å². The molecular formula is C12H18BrNOS. The summed E-state index contributed by atoms with van der Waals surface area (Å²) in [6.45, 7) is 0.956. The number of nitrogens with one attached hydrogen (secondary N) is 1. The van der Waals surface area contributed by atoms with Gasteiger partial charge in [0, 0.05) is 22.0 Å². The second-order valence-electron chi connectivity index (χ2n) is 4.19. The van der Waals surface area contributed by atoms with E-state index in [1.807, 2.05) is 18.4 Å². The molecule has 1 fully saturated rings. The number of thiophene rings is 1. The van der Waals surface area contributed by atoms with E-state index in [-0.39, 0.29) is 0 Å². The van der Waals surface area contributed by atoms with Crippen molar-refractivity contribution in [2.75, 3.05) is 13.7 Å². The number of ether oxygens (including phenoxy) is 1. The third kappa shape index (κ3) is 3.06. The Hall–Kier alpha value is 0.100. The highest BCUT2D eigenvalue weighted by molar-refractivity contribution is 9.10. The molecule has 1 aliphatic heterocycles. The van der Waals surface area contributed by atoms with E-state index in [9.17, 15) is 0 Å². The van der Waals surface area contributed by atoms with Crippen molar-refractivity contribution in [2.45, 2.75) is 37.8 Å². The van der Waals surface area contributed by atoms with Crippen LogP contribution in [-0.2, 0) is 4.74 Å². The largest absolute Gasteiger partial charge is 0.378 e. The van der Waals surface area contributed by atoms with Crippen molar-refractivity contribution < 1.29 is 4.74 Å². The third-order valence-electron chi connectivity index (χ3n) is 3.11. The molecule has 1 aromatic heterocycles. The minimum absolute atomic E-state index is 0.457. The van der Waals surface area contributed by atoms with Crippen LogP contribution in [0.15, 0.2) is 15.9 Å². The zero-order valence-electron chi connectivity index (χ0n) is 9.54. The van der Waals surface area contributed by atoms with Crippen molar-refractivity contribution in [1.82, 2.24) is 5.32 Å². The molecule has 2 atom stereocenters. The zero-order valence-corrected chi connectivity index (χ0v) is 11.9. The molecule has 90 valence electrons. The molecule has 1 saturated heterocycles. The Kier molecular flexibility index (Phi) is 4.82. The van der Waals surface area contributed by atoms with Crippen LogP contribution >= 0.6 is 27.3 Å². The topological polar surface area (TPSA) is 21.3 Å². The number of rotatable bonds is 5. The molecule has 1 N–H and O–H groups in total. The zero-order chi connectivity index (χ0) is 11.4. The Balaban J connectivity index is 1.88. The molecule has 16 heavy (non-hydrogen) atoms. The van der Waals surface area contributed by atoms with Crippen LogP contribution in [0.4, 0.5) is 0 Å². The molecule has 1 aliphatic rings. The molecule has 1 aromatic rings. The lowest BCUT2D eigenvalue weighted by atomic mass is 10.1. The summed E-state index contributed by atoms with van der Waals surface area (Å²) in [5, 5.41) is 5.53. The number of halogens is 1. The summed E-state index contributed by atoms with van der Waals surface area (Å²) in [5.41, 5.74) is 0. The van der Waals surface area contributed by atoms with Crippen LogP contribution in [0.3, 0.4) is 0 Å². The lowest BCUT2D eigenvalue weighted by molar-refractivity contribution is 0.0999. The molecule has 2 nitrogen and oxygen atoms in total. The highest BCUT2D eigenvalue weighted by atomic mass is 79.9. The minimum Gasteiger partial charge on any atom is -0.378 e. The van der Waals surface area contributed by atoms with Crippen LogP contribution in [0.2, 0.25) is 0 Å². The highest BCUT2D eigenvalue weighted by Crippen LogP contribution is 2.32. The van der Waals surface area contributed by atoms with Gasteiger partial charge < -0.3 is 10.1 Å². The minimum atomic E-state index is 0.457. The van der Waals surface area contributed by atoms with Crippen LogP contribution < -0.4 is 5.32 Å². The Morgan fingerprint density at radius 3 is 3.12 bits per heavy atom. The summed E-state index contributed by atoms with van der Waals surface area (Å²) in [6.07, 6.45) is 5.28. The molecule has 0 spiro atoms. The summed E-state index contributed by atoms with van der Waals surface area (Å²) in [5.74, 6) is 0. The van der Waals surface area contributed by atoms with Gasteiger partial charge in [0.15, 0.2) is 0 Å². The predicted molar refractivity (Wildman–Crippen MR) is 72.0 cm³/mol. The molecule has 0 amide bonds. The van der Waals surface area contributed by atoms with Crippen LogP contribution in [-0.4, -0.2) is 19.8 Å². The average Bonchev–Trinajstić information content (AvgIpc) is 2.92. The highest BCUT2D eigenvalue weighted by Gasteiger charge is 2.19. The van der Waals surface area contributed by atoms with E-state index in [1.54, 1.807) is 0 Å². The fraction of sp³-hybridized carbons (Fsp3) is 0.667. The Bertz CT molecular complexity index is 323. The molecule has 4 heteroatoms. The van der Waals surface area contributed by atoms with Crippen LogP contribution in [0, 0.1) is 0 Å². The Morgan fingerprint density at radius 1 is 1.69 bits per heavy atom. The van der Waals surface area contributed by atoms with Gasteiger partial charge in [-0.05, 0) is 60.1 Å². The molecule has 0 radical (unpaired) electrons. The summed E-state index contributed by atoms with van der Waals surface area (Å²) >= 11 is 5.41. The maximum Gasteiger partial charge on any atom is 0.0576 e. The van der Waals surface area contributed by atoms with Gasteiger partial charge in [-0.15, -0.1) is 11.3 Å². The van der Waals surface area contributed by atoms with Crippen molar-refractivity contribution in [3.05, 3.63) is 20.8 Å². The van der Waals surface area contributed by atoms with E-state index in [2.05, 4.69) is 32.7 Å². The molecular weight excluding hydrogens is 286 g/mol. The number of hydrogen-bond acceptors (Lipinski definition) is 3. The lowest BCUT2D eigenvalue weighted by Gasteiger charge is -2.17. The van der Waals surface area contributed by atoms with Crippen molar-refractivity contribution >= 4 is 27.3 Å². The molecule has 0 saturated carbocycles. The van der Waals surface area contributed by atoms with E-state index < -0.39 is 0 Å². The first-order valence-corrected chi connectivity index (χ1v) is 7.50. The monoisotopic (exact) mass is 303 g/mol. The van der Waals surface area contributed by atoms with Gasteiger partial charge in [-0.3, -0.25) is 0 Å². The smallest absolute Gasteiger partial charge is 0.0576 e. The van der Waals surface area contributed by atoms with Gasteiger partial charge in [-0.1, -0.05) is 0 Å². The number of hydrogen-bond donors (Lipinski definition) is 1. The van der Waals surface area contributed by atoms with Gasteiger partial charge >= 0.3 is 0 Å². The predicted octanol–water partition coefficient (Wildman–Crippen LogP) is 3.73. The van der Waals surface area contributed by atoms with E-state index in [0.717, 1.165) is 19.4 Å². The first-order valence-electron chi connectivity index (χ1n) is 5.83. The quantitative estimate of drug-likeness (QED) is 0.895. The molecule has 0 aromatic carbocycles. The lowest BCUT2D eigenvalue weighted by Crippen LogP contribution is -2.18. The second kappa shape index (κ2) is 6.15. The van der Waals surface area contributed by atoms with Crippen molar-refractivity contribution in [3.63, 3.8) is 0 Å². The fourth-order valence-electron chi connectivity index (χ4n) is 2.19. The SMILES string of the molecule is CNC(CCC1CCCO1)c1sccc1Br. The first kappa shape index (κ1) is 12.6. The van der Waals surface area contributed by atoms with Gasteiger partial charge in [0.2, 0.25) is 0 Å². The van der Waals surface area contributed by atoms with E-state index in [4.69, 9.17) is 4.74 Å². The molecule has 0 aliphatic carbocycles. The molecule has 2 unspecified atom stereocenters. The summed E-state index contributed by atoms with van der Waals surface area (Å²) < 4.78 is 6.89.